The van der Waals surface area contributed by atoms with Gasteiger partial charge in [0.1, 0.15) is 12.0 Å². The number of oxime groups is 1. The second-order valence-corrected chi connectivity index (χ2v) is 2.31. The van der Waals surface area contributed by atoms with E-state index >= 15 is 0 Å². The molecule has 0 fully saturated rings. The third-order valence-electron chi connectivity index (χ3n) is 1.53. The van der Waals surface area contributed by atoms with Crippen molar-refractivity contribution >= 4 is 17.2 Å². The molecular weight excluding hydrogens is 156 g/mol. The molecule has 0 saturated carbocycles. The van der Waals surface area contributed by atoms with E-state index < -0.39 is 0 Å². The van der Waals surface area contributed by atoms with E-state index in [0.29, 0.717) is 11.3 Å². The minimum atomic E-state index is 0.514. The predicted octanol–water partition coefficient (Wildman–Crippen LogP) is 1.64. The summed E-state index contributed by atoms with van der Waals surface area (Å²) >= 11 is 0. The summed E-state index contributed by atoms with van der Waals surface area (Å²) < 4.78 is 5.24. The van der Waals surface area contributed by atoms with Gasteiger partial charge in [-0.1, -0.05) is 5.16 Å². The highest BCUT2D eigenvalue weighted by molar-refractivity contribution is 5.85. The number of fused-ring (bicyclic) bond motifs is 1. The standard InChI is InChI=1S/C8H6N2O2/c11-10-4-7-3-6-1-2-9-5-8(6)12-7/h1-5,11H/b10-4-. The summed E-state index contributed by atoms with van der Waals surface area (Å²) in [6, 6.07) is 3.60. The van der Waals surface area contributed by atoms with Gasteiger partial charge < -0.3 is 9.62 Å². The zero-order valence-electron chi connectivity index (χ0n) is 6.14. The molecule has 1 N–H and O–H groups in total. The molecule has 2 heterocycles. The molecule has 0 bridgehead atoms. The number of pyridine rings is 1. The van der Waals surface area contributed by atoms with Crippen LogP contribution in [0.2, 0.25) is 0 Å². The zero-order valence-corrected chi connectivity index (χ0v) is 6.14. The van der Waals surface area contributed by atoms with Crippen molar-refractivity contribution in [1.82, 2.24) is 4.98 Å². The van der Waals surface area contributed by atoms with Gasteiger partial charge in [0.25, 0.3) is 0 Å². The van der Waals surface area contributed by atoms with Crippen LogP contribution in [0.3, 0.4) is 0 Å². The van der Waals surface area contributed by atoms with E-state index in [4.69, 9.17) is 9.62 Å². The molecule has 0 aliphatic carbocycles. The second kappa shape index (κ2) is 2.65. The molecule has 12 heavy (non-hydrogen) atoms. The van der Waals surface area contributed by atoms with Crippen LogP contribution >= 0.6 is 0 Å². The lowest BCUT2D eigenvalue weighted by molar-refractivity contribution is 0.321. The van der Waals surface area contributed by atoms with E-state index in [-0.39, 0.29) is 0 Å². The number of rotatable bonds is 1. The highest BCUT2D eigenvalue weighted by Gasteiger charge is 1.99. The van der Waals surface area contributed by atoms with Crippen LogP contribution in [0, 0.1) is 0 Å². The van der Waals surface area contributed by atoms with E-state index in [1.54, 1.807) is 18.5 Å². The van der Waals surface area contributed by atoms with Gasteiger partial charge in [-0.3, -0.25) is 4.98 Å². The van der Waals surface area contributed by atoms with Crippen LogP contribution in [0.4, 0.5) is 0 Å². The van der Waals surface area contributed by atoms with Crippen LogP contribution in [0.5, 0.6) is 0 Å². The number of aromatic nitrogens is 1. The molecule has 0 aliphatic rings. The van der Waals surface area contributed by atoms with E-state index in [9.17, 15) is 0 Å². The zero-order chi connectivity index (χ0) is 8.39. The predicted molar refractivity (Wildman–Crippen MR) is 43.4 cm³/mol. The third kappa shape index (κ3) is 1.03. The largest absolute Gasteiger partial charge is 0.453 e. The fourth-order valence-electron chi connectivity index (χ4n) is 1.03. The minimum Gasteiger partial charge on any atom is -0.453 e. The van der Waals surface area contributed by atoms with Crippen molar-refractivity contribution in [3.05, 3.63) is 30.3 Å². The average molecular weight is 162 g/mol. The van der Waals surface area contributed by atoms with Crippen molar-refractivity contribution in [2.75, 3.05) is 0 Å². The van der Waals surface area contributed by atoms with Crippen LogP contribution in [0.15, 0.2) is 34.1 Å². The summed E-state index contributed by atoms with van der Waals surface area (Å²) in [6.45, 7) is 0. The molecule has 0 unspecified atom stereocenters. The summed E-state index contributed by atoms with van der Waals surface area (Å²) in [4.78, 5) is 3.89. The first-order valence-electron chi connectivity index (χ1n) is 3.41. The van der Waals surface area contributed by atoms with Gasteiger partial charge in [0.15, 0.2) is 5.58 Å². The summed E-state index contributed by atoms with van der Waals surface area (Å²) in [5.74, 6) is 0.514. The molecule has 2 rings (SSSR count). The Bertz CT molecular complexity index is 387. The maximum Gasteiger partial charge on any atom is 0.153 e. The quantitative estimate of drug-likeness (QED) is 0.394. The van der Waals surface area contributed by atoms with Crippen molar-refractivity contribution < 1.29 is 9.62 Å². The summed E-state index contributed by atoms with van der Waals surface area (Å²) in [6.07, 6.45) is 4.53. The van der Waals surface area contributed by atoms with Gasteiger partial charge in [-0.25, -0.2) is 0 Å². The lowest BCUT2D eigenvalue weighted by atomic mass is 10.3. The van der Waals surface area contributed by atoms with Gasteiger partial charge in [0, 0.05) is 11.6 Å². The number of hydrogen-bond donors (Lipinski definition) is 1. The highest BCUT2D eigenvalue weighted by Crippen LogP contribution is 2.15. The van der Waals surface area contributed by atoms with Gasteiger partial charge in [0.2, 0.25) is 0 Å². The van der Waals surface area contributed by atoms with Crippen molar-refractivity contribution in [3.63, 3.8) is 0 Å². The van der Waals surface area contributed by atoms with Crippen molar-refractivity contribution in [2.45, 2.75) is 0 Å². The molecule has 0 saturated heterocycles. The molecule has 0 atom stereocenters. The van der Waals surface area contributed by atoms with Gasteiger partial charge in [-0.15, -0.1) is 0 Å². The van der Waals surface area contributed by atoms with Gasteiger partial charge in [-0.05, 0) is 12.1 Å². The lowest BCUT2D eigenvalue weighted by Gasteiger charge is -1.81. The lowest BCUT2D eigenvalue weighted by Crippen LogP contribution is -1.70. The molecule has 60 valence electrons. The first-order chi connectivity index (χ1) is 5.90. The normalized spacial score (nSPS) is 11.3. The molecule has 4 nitrogen and oxygen atoms in total. The summed E-state index contributed by atoms with van der Waals surface area (Å²) in [5.41, 5.74) is 0.687. The van der Waals surface area contributed by atoms with Gasteiger partial charge in [-0.2, -0.15) is 0 Å². The molecule has 0 aromatic carbocycles. The fraction of sp³-hybridized carbons (Fsp3) is 0. The third-order valence-corrected chi connectivity index (χ3v) is 1.53. The molecule has 0 amide bonds. The number of nitrogens with zero attached hydrogens (tertiary/aromatic N) is 2. The van der Waals surface area contributed by atoms with Gasteiger partial charge >= 0.3 is 0 Å². The summed E-state index contributed by atoms with van der Waals surface area (Å²) in [5, 5.41) is 12.0. The Labute approximate surface area is 68.1 Å². The van der Waals surface area contributed by atoms with Gasteiger partial charge in [0.05, 0.1) is 6.20 Å². The Morgan fingerprint density at radius 2 is 2.50 bits per heavy atom. The average Bonchev–Trinajstić information content (AvgIpc) is 2.47. The van der Waals surface area contributed by atoms with Crippen molar-refractivity contribution in [3.8, 4) is 0 Å². The number of hydrogen-bond acceptors (Lipinski definition) is 4. The van der Waals surface area contributed by atoms with E-state index in [2.05, 4.69) is 10.1 Å². The molecule has 2 aromatic heterocycles. The Hall–Kier alpha value is -1.84. The Morgan fingerprint density at radius 1 is 1.58 bits per heavy atom. The Balaban J connectivity index is 2.62. The van der Waals surface area contributed by atoms with Crippen LogP contribution in [0.25, 0.3) is 11.0 Å². The van der Waals surface area contributed by atoms with E-state index in [0.717, 1.165) is 5.39 Å². The maximum atomic E-state index is 8.24. The first-order valence-corrected chi connectivity index (χ1v) is 3.41. The number of furan rings is 1. The Morgan fingerprint density at radius 3 is 3.25 bits per heavy atom. The van der Waals surface area contributed by atoms with E-state index in [1.165, 1.54) is 6.21 Å². The SMILES string of the molecule is O/N=C\c1cc2ccncc2o1. The smallest absolute Gasteiger partial charge is 0.153 e. The van der Waals surface area contributed by atoms with Crippen LogP contribution in [-0.2, 0) is 0 Å². The first kappa shape index (κ1) is 6.84. The topological polar surface area (TPSA) is 58.6 Å². The Kier molecular flexibility index (Phi) is 1.51. The molecule has 0 spiro atoms. The molecule has 0 radical (unpaired) electrons. The summed E-state index contributed by atoms with van der Waals surface area (Å²) in [7, 11) is 0. The second-order valence-electron chi connectivity index (χ2n) is 2.31. The highest BCUT2D eigenvalue weighted by atomic mass is 16.4. The molecule has 0 aliphatic heterocycles. The maximum absolute atomic E-state index is 8.24. The van der Waals surface area contributed by atoms with Crippen molar-refractivity contribution in [1.29, 1.82) is 0 Å². The minimum absolute atomic E-state index is 0.514. The van der Waals surface area contributed by atoms with Crippen molar-refractivity contribution in [2.24, 2.45) is 5.16 Å². The molecule has 4 heteroatoms. The van der Waals surface area contributed by atoms with Crippen LogP contribution < -0.4 is 0 Å². The monoisotopic (exact) mass is 162 g/mol. The van der Waals surface area contributed by atoms with Crippen LogP contribution in [-0.4, -0.2) is 16.4 Å². The molecule has 2 aromatic rings. The van der Waals surface area contributed by atoms with Crippen LogP contribution in [0.1, 0.15) is 5.76 Å². The van der Waals surface area contributed by atoms with E-state index in [1.807, 2.05) is 6.07 Å². The fourth-order valence-corrected chi connectivity index (χ4v) is 1.03. The molecular formula is C8H6N2O2.